The maximum atomic E-state index is 12.5. The van der Waals surface area contributed by atoms with Gasteiger partial charge in [-0.15, -0.1) is 0 Å². The third-order valence-electron chi connectivity index (χ3n) is 4.97. The number of carbonyl (C=O) groups excluding carboxylic acids is 2. The number of rotatable bonds is 4. The van der Waals surface area contributed by atoms with E-state index in [-0.39, 0.29) is 17.0 Å². The van der Waals surface area contributed by atoms with Crippen molar-refractivity contribution in [1.82, 2.24) is 19.1 Å². The Balaban J connectivity index is 0.000000192. The zero-order chi connectivity index (χ0) is 25.0. The van der Waals surface area contributed by atoms with E-state index in [0.29, 0.717) is 16.3 Å². The van der Waals surface area contributed by atoms with Gasteiger partial charge in [-0.25, -0.2) is 9.97 Å². The molecular weight excluding hydrogens is 469 g/mol. The van der Waals surface area contributed by atoms with Crippen LogP contribution >= 0.6 is 11.6 Å². The van der Waals surface area contributed by atoms with Crippen LogP contribution in [-0.4, -0.2) is 30.7 Å². The van der Waals surface area contributed by atoms with Crippen molar-refractivity contribution in [2.75, 3.05) is 0 Å². The molecule has 0 amide bonds. The van der Waals surface area contributed by atoms with Gasteiger partial charge in [-0.1, -0.05) is 23.7 Å². The van der Waals surface area contributed by atoms with Gasteiger partial charge in [0, 0.05) is 30.2 Å². The third-order valence-corrected chi connectivity index (χ3v) is 5.39. The molecule has 0 saturated carbocycles. The molecule has 0 radical (unpaired) electrons. The van der Waals surface area contributed by atoms with E-state index in [2.05, 4.69) is 9.97 Å². The first-order chi connectivity index (χ1) is 16.0. The number of hydrogen-bond acceptors (Lipinski definition) is 4. The van der Waals surface area contributed by atoms with E-state index in [1.807, 2.05) is 6.92 Å². The second kappa shape index (κ2) is 10.0. The Bertz CT molecular complexity index is 1340. The minimum Gasteiger partial charge on any atom is -0.331 e. The Hall–Kier alpha value is -3.72. The number of nitrogens with zero attached hydrogens (tertiary/aromatic N) is 4. The van der Waals surface area contributed by atoms with Crippen LogP contribution in [-0.2, 0) is 20.3 Å². The number of benzene rings is 2. The smallest absolute Gasteiger partial charge is 0.331 e. The van der Waals surface area contributed by atoms with Crippen molar-refractivity contribution in [2.45, 2.75) is 13.1 Å². The molecule has 4 aromatic rings. The van der Waals surface area contributed by atoms with Crippen LogP contribution < -0.4 is 0 Å². The third kappa shape index (κ3) is 5.60. The molecule has 34 heavy (non-hydrogen) atoms. The first kappa shape index (κ1) is 24.9. The van der Waals surface area contributed by atoms with Crippen LogP contribution in [0.15, 0.2) is 67.5 Å². The van der Waals surface area contributed by atoms with Crippen LogP contribution in [0.4, 0.5) is 13.2 Å². The predicted octanol–water partition coefficient (Wildman–Crippen LogP) is 5.28. The number of hydrogen-bond donors (Lipinski definition) is 0. The highest BCUT2D eigenvalue weighted by molar-refractivity contribution is 6.31. The van der Waals surface area contributed by atoms with Gasteiger partial charge in [-0.2, -0.15) is 13.2 Å². The van der Waals surface area contributed by atoms with Crippen molar-refractivity contribution >= 4 is 23.2 Å². The quantitative estimate of drug-likeness (QED) is 0.366. The minimum absolute atomic E-state index is 0.00609. The normalized spacial score (nSPS) is 11.0. The van der Waals surface area contributed by atoms with E-state index in [0.717, 1.165) is 17.7 Å². The Morgan fingerprint density at radius 2 is 1.38 bits per heavy atom. The van der Waals surface area contributed by atoms with Gasteiger partial charge in [0.1, 0.15) is 11.4 Å². The van der Waals surface area contributed by atoms with Gasteiger partial charge in [0.2, 0.25) is 11.6 Å². The first-order valence-corrected chi connectivity index (χ1v) is 10.3. The molecule has 10 heteroatoms. The number of alkyl halides is 3. The highest BCUT2D eigenvalue weighted by atomic mass is 35.5. The number of imidazole rings is 2. The summed E-state index contributed by atoms with van der Waals surface area (Å²) in [5, 5.41) is 0.668. The number of aryl methyl sites for hydroxylation is 3. The largest absolute Gasteiger partial charge is 0.416 e. The van der Waals surface area contributed by atoms with Crippen LogP contribution in [0.3, 0.4) is 0 Å². The fourth-order valence-corrected chi connectivity index (χ4v) is 3.19. The van der Waals surface area contributed by atoms with E-state index in [4.69, 9.17) is 11.6 Å². The van der Waals surface area contributed by atoms with Gasteiger partial charge < -0.3 is 9.13 Å². The molecule has 2 aromatic heterocycles. The van der Waals surface area contributed by atoms with E-state index >= 15 is 0 Å². The van der Waals surface area contributed by atoms with Crippen molar-refractivity contribution in [3.05, 3.63) is 106 Å². The topological polar surface area (TPSA) is 69.8 Å². The number of aromatic nitrogens is 4. The van der Waals surface area contributed by atoms with Crippen LogP contribution in [0.1, 0.15) is 43.2 Å². The SMILES string of the molecule is Cc1cc(C(=O)c2cncn2C)ccc1Cl.Cn1cncc1C(=O)c1cccc(C(F)(F)F)c1. The summed E-state index contributed by atoms with van der Waals surface area (Å²) < 4.78 is 40.7. The summed E-state index contributed by atoms with van der Waals surface area (Å²) in [6.07, 6.45) is 1.45. The van der Waals surface area contributed by atoms with Crippen molar-refractivity contribution in [3.63, 3.8) is 0 Å². The summed E-state index contributed by atoms with van der Waals surface area (Å²) in [5.41, 5.74) is 1.50. The average molecular weight is 489 g/mol. The van der Waals surface area contributed by atoms with Crippen LogP contribution in [0, 0.1) is 6.92 Å². The minimum atomic E-state index is -4.46. The molecule has 0 bridgehead atoms. The summed E-state index contributed by atoms with van der Waals surface area (Å²) in [6.45, 7) is 1.88. The van der Waals surface area contributed by atoms with E-state index in [1.54, 1.807) is 49.4 Å². The van der Waals surface area contributed by atoms with Crippen molar-refractivity contribution in [2.24, 2.45) is 14.1 Å². The lowest BCUT2D eigenvalue weighted by Crippen LogP contribution is -2.10. The van der Waals surface area contributed by atoms with E-state index in [9.17, 15) is 22.8 Å². The molecule has 0 N–H and O–H groups in total. The lowest BCUT2D eigenvalue weighted by atomic mass is 10.1. The second-order valence-corrected chi connectivity index (χ2v) is 7.89. The van der Waals surface area contributed by atoms with Gasteiger partial charge in [-0.05, 0) is 42.8 Å². The maximum absolute atomic E-state index is 12.5. The molecule has 6 nitrogen and oxygen atoms in total. The van der Waals surface area contributed by atoms with Crippen LogP contribution in [0.25, 0.3) is 0 Å². The van der Waals surface area contributed by atoms with Crippen LogP contribution in [0.5, 0.6) is 0 Å². The molecule has 0 spiro atoms. The monoisotopic (exact) mass is 488 g/mol. The zero-order valence-corrected chi connectivity index (χ0v) is 19.2. The van der Waals surface area contributed by atoms with E-state index < -0.39 is 17.5 Å². The fourth-order valence-electron chi connectivity index (χ4n) is 3.07. The van der Waals surface area contributed by atoms with Crippen LogP contribution in [0.2, 0.25) is 5.02 Å². The Labute approximate surface area is 198 Å². The lowest BCUT2D eigenvalue weighted by Gasteiger charge is -2.08. The van der Waals surface area contributed by atoms with Crippen molar-refractivity contribution < 1.29 is 22.8 Å². The highest BCUT2D eigenvalue weighted by Crippen LogP contribution is 2.30. The molecule has 2 heterocycles. The lowest BCUT2D eigenvalue weighted by molar-refractivity contribution is -0.137. The molecule has 0 aliphatic carbocycles. The molecule has 2 aromatic carbocycles. The fraction of sp³-hybridized carbons (Fsp3) is 0.167. The predicted molar refractivity (Wildman–Crippen MR) is 121 cm³/mol. The molecule has 0 aliphatic rings. The molecule has 0 unspecified atom stereocenters. The number of carbonyl (C=O) groups is 2. The molecule has 0 fully saturated rings. The second-order valence-electron chi connectivity index (χ2n) is 7.48. The zero-order valence-electron chi connectivity index (χ0n) is 18.5. The molecule has 0 aliphatic heterocycles. The van der Waals surface area contributed by atoms with Gasteiger partial charge >= 0.3 is 6.18 Å². The molecule has 0 atom stereocenters. The Morgan fingerprint density at radius 3 is 1.82 bits per heavy atom. The summed E-state index contributed by atoms with van der Waals surface area (Å²) >= 11 is 5.91. The summed E-state index contributed by atoms with van der Waals surface area (Å²) in [7, 11) is 3.40. The molecule has 0 saturated heterocycles. The van der Waals surface area contributed by atoms with Gasteiger partial charge in [0.05, 0.1) is 30.6 Å². The maximum Gasteiger partial charge on any atom is 0.416 e. The van der Waals surface area contributed by atoms with Crippen molar-refractivity contribution in [1.29, 1.82) is 0 Å². The van der Waals surface area contributed by atoms with Gasteiger partial charge in [0.25, 0.3) is 0 Å². The molecule has 176 valence electrons. The summed E-state index contributed by atoms with van der Waals surface area (Å²) in [5.74, 6) is -0.527. The highest BCUT2D eigenvalue weighted by Gasteiger charge is 2.31. The number of halogens is 4. The van der Waals surface area contributed by atoms with Gasteiger partial charge in [-0.3, -0.25) is 9.59 Å². The standard InChI is InChI=1S/C12H11ClN2O.C12H9F3N2O/c1-8-5-9(3-4-10(8)13)12(16)11-6-14-7-15(11)2;1-17-7-16-6-10(17)11(18)8-3-2-4-9(5-8)12(13,14)15/h3-7H,1-2H3;2-7H,1H3. The molecular formula is C24H20ClF3N4O2. The summed E-state index contributed by atoms with van der Waals surface area (Å²) in [4.78, 5) is 31.8. The van der Waals surface area contributed by atoms with Crippen molar-refractivity contribution in [3.8, 4) is 0 Å². The van der Waals surface area contributed by atoms with E-state index in [1.165, 1.54) is 29.2 Å². The Morgan fingerprint density at radius 1 is 0.853 bits per heavy atom. The number of ketones is 2. The van der Waals surface area contributed by atoms with Gasteiger partial charge in [0.15, 0.2) is 0 Å². The summed E-state index contributed by atoms with van der Waals surface area (Å²) in [6, 6.07) is 9.59. The first-order valence-electron chi connectivity index (χ1n) is 9.94. The Kier molecular flexibility index (Phi) is 7.36. The average Bonchev–Trinajstić information content (AvgIpc) is 3.42. The molecule has 4 rings (SSSR count).